The van der Waals surface area contributed by atoms with Gasteiger partial charge in [0.2, 0.25) is 11.8 Å². The number of likely N-dealkylation sites (tertiary alicyclic amines) is 1. The molecule has 1 aliphatic carbocycles. The van der Waals surface area contributed by atoms with Gasteiger partial charge in [0, 0.05) is 25.0 Å². The van der Waals surface area contributed by atoms with Crippen LogP contribution < -0.4 is 10.6 Å². The fraction of sp³-hybridized carbons (Fsp3) is 0.857. The van der Waals surface area contributed by atoms with Crippen molar-refractivity contribution in [3.8, 4) is 0 Å². The zero-order valence-corrected chi connectivity index (χ0v) is 18.0. The first-order valence-corrected chi connectivity index (χ1v) is 11.1. The molecule has 3 atom stereocenters. The van der Waals surface area contributed by atoms with E-state index in [1.165, 1.54) is 0 Å². The molecule has 8 nitrogen and oxygen atoms in total. The number of hydrogen-bond donors (Lipinski definition) is 2. The van der Waals surface area contributed by atoms with Crippen LogP contribution in [-0.4, -0.2) is 78.1 Å². The molecule has 2 N–H and O–H groups in total. The monoisotopic (exact) mass is 408 g/mol. The second kappa shape index (κ2) is 9.89. The SMILES string of the molecule is CC1CN(C(=O)C2CCN(C(C)C(=O)NC(=O)NC3CCCC3)CC2)CC(C)O1. The number of nitrogens with one attached hydrogen (secondary N) is 2. The normalized spacial score (nSPS) is 28.2. The number of nitrogens with zero attached hydrogens (tertiary/aromatic N) is 2. The molecular formula is C21H36N4O4. The van der Waals surface area contributed by atoms with E-state index in [2.05, 4.69) is 15.5 Å². The van der Waals surface area contributed by atoms with Crippen LogP contribution in [0.15, 0.2) is 0 Å². The first-order chi connectivity index (χ1) is 13.8. The van der Waals surface area contributed by atoms with Gasteiger partial charge in [0.05, 0.1) is 18.2 Å². The second-order valence-electron chi connectivity index (χ2n) is 8.93. The Labute approximate surface area is 173 Å². The van der Waals surface area contributed by atoms with Crippen molar-refractivity contribution < 1.29 is 19.1 Å². The van der Waals surface area contributed by atoms with Crippen LogP contribution in [-0.2, 0) is 14.3 Å². The lowest BCUT2D eigenvalue weighted by atomic mass is 9.93. The highest BCUT2D eigenvalue weighted by molar-refractivity contribution is 5.96. The van der Waals surface area contributed by atoms with Crippen LogP contribution in [0.3, 0.4) is 0 Å². The maximum Gasteiger partial charge on any atom is 0.321 e. The van der Waals surface area contributed by atoms with Crippen LogP contribution in [0.2, 0.25) is 0 Å². The average molecular weight is 409 g/mol. The quantitative estimate of drug-likeness (QED) is 0.736. The number of urea groups is 1. The Balaban J connectivity index is 1.42. The number of carbonyl (C=O) groups is 3. The molecule has 0 aromatic heterocycles. The molecule has 3 fully saturated rings. The van der Waals surface area contributed by atoms with Crippen LogP contribution in [0.25, 0.3) is 0 Å². The number of amides is 4. The van der Waals surface area contributed by atoms with Crippen molar-refractivity contribution in [2.24, 2.45) is 5.92 Å². The summed E-state index contributed by atoms with van der Waals surface area (Å²) in [6.07, 6.45) is 5.86. The third kappa shape index (κ3) is 5.92. The Morgan fingerprint density at radius 1 is 0.966 bits per heavy atom. The van der Waals surface area contributed by atoms with Crippen molar-refractivity contribution in [1.29, 1.82) is 0 Å². The van der Waals surface area contributed by atoms with Crippen LogP contribution in [0.4, 0.5) is 4.79 Å². The topological polar surface area (TPSA) is 91.0 Å². The smallest absolute Gasteiger partial charge is 0.321 e. The van der Waals surface area contributed by atoms with Gasteiger partial charge in [-0.15, -0.1) is 0 Å². The number of carbonyl (C=O) groups excluding carboxylic acids is 3. The van der Waals surface area contributed by atoms with Crippen molar-refractivity contribution in [3.05, 3.63) is 0 Å². The third-order valence-corrected chi connectivity index (χ3v) is 6.46. The van der Waals surface area contributed by atoms with Gasteiger partial charge in [0.15, 0.2) is 0 Å². The van der Waals surface area contributed by atoms with Gasteiger partial charge in [0.1, 0.15) is 0 Å². The maximum atomic E-state index is 12.9. The first kappa shape index (κ1) is 22.0. The molecule has 0 aromatic rings. The van der Waals surface area contributed by atoms with E-state index in [4.69, 9.17) is 4.74 Å². The summed E-state index contributed by atoms with van der Waals surface area (Å²) in [6.45, 7) is 8.50. The van der Waals surface area contributed by atoms with E-state index in [1.807, 2.05) is 25.7 Å². The molecule has 2 saturated heterocycles. The summed E-state index contributed by atoms with van der Waals surface area (Å²) in [5.41, 5.74) is 0. The molecule has 2 heterocycles. The Kier molecular flexibility index (Phi) is 7.51. The lowest BCUT2D eigenvalue weighted by molar-refractivity contribution is -0.149. The molecule has 1 saturated carbocycles. The molecule has 0 radical (unpaired) electrons. The fourth-order valence-corrected chi connectivity index (χ4v) is 4.82. The summed E-state index contributed by atoms with van der Waals surface area (Å²) in [7, 11) is 0. The second-order valence-corrected chi connectivity index (χ2v) is 8.93. The van der Waals surface area contributed by atoms with E-state index in [-0.39, 0.29) is 42.0 Å². The number of rotatable bonds is 4. The van der Waals surface area contributed by atoms with Gasteiger partial charge in [-0.05, 0) is 59.5 Å². The van der Waals surface area contributed by atoms with Gasteiger partial charge in [-0.2, -0.15) is 0 Å². The average Bonchev–Trinajstić information content (AvgIpc) is 3.19. The number of hydrogen-bond acceptors (Lipinski definition) is 5. The molecular weight excluding hydrogens is 372 g/mol. The van der Waals surface area contributed by atoms with Crippen molar-refractivity contribution >= 4 is 17.8 Å². The lowest BCUT2D eigenvalue weighted by Crippen LogP contribution is -2.54. The van der Waals surface area contributed by atoms with Crippen LogP contribution >= 0.6 is 0 Å². The van der Waals surface area contributed by atoms with Gasteiger partial charge < -0.3 is 15.0 Å². The Morgan fingerprint density at radius 3 is 2.14 bits per heavy atom. The molecule has 3 unspecified atom stereocenters. The standard InChI is InChI=1S/C21H36N4O4/c1-14-12-25(13-15(2)29-14)20(27)17-8-10-24(11-9-17)16(3)19(26)23-21(28)22-18-6-4-5-7-18/h14-18H,4-13H2,1-3H3,(H2,22,23,26,28). The number of piperidine rings is 1. The zero-order valence-electron chi connectivity index (χ0n) is 18.0. The van der Waals surface area contributed by atoms with E-state index >= 15 is 0 Å². The highest BCUT2D eigenvalue weighted by Gasteiger charge is 2.34. The molecule has 2 aliphatic heterocycles. The molecule has 3 rings (SSSR count). The van der Waals surface area contributed by atoms with Crippen LogP contribution in [0.1, 0.15) is 59.3 Å². The summed E-state index contributed by atoms with van der Waals surface area (Å²) in [5, 5.41) is 5.36. The van der Waals surface area contributed by atoms with E-state index in [0.717, 1.165) is 38.5 Å². The molecule has 8 heteroatoms. The lowest BCUT2D eigenvalue weighted by Gasteiger charge is -2.40. The van der Waals surface area contributed by atoms with Crippen LogP contribution in [0.5, 0.6) is 0 Å². The molecule has 29 heavy (non-hydrogen) atoms. The highest BCUT2D eigenvalue weighted by atomic mass is 16.5. The Bertz CT molecular complexity index is 589. The number of imide groups is 1. The minimum atomic E-state index is -0.394. The van der Waals surface area contributed by atoms with Gasteiger partial charge in [-0.25, -0.2) is 4.79 Å². The fourth-order valence-electron chi connectivity index (χ4n) is 4.82. The molecule has 0 aromatic carbocycles. The third-order valence-electron chi connectivity index (χ3n) is 6.46. The number of ether oxygens (including phenoxy) is 1. The molecule has 4 amide bonds. The van der Waals surface area contributed by atoms with E-state index in [1.54, 1.807) is 0 Å². The summed E-state index contributed by atoms with van der Waals surface area (Å²) < 4.78 is 5.72. The molecule has 164 valence electrons. The Hall–Kier alpha value is -1.67. The summed E-state index contributed by atoms with van der Waals surface area (Å²) >= 11 is 0. The Morgan fingerprint density at radius 2 is 1.55 bits per heavy atom. The van der Waals surface area contributed by atoms with E-state index in [9.17, 15) is 14.4 Å². The van der Waals surface area contributed by atoms with Gasteiger partial charge in [-0.1, -0.05) is 12.8 Å². The minimum Gasteiger partial charge on any atom is -0.372 e. The molecule has 3 aliphatic rings. The van der Waals surface area contributed by atoms with Gasteiger partial charge >= 0.3 is 6.03 Å². The predicted octanol–water partition coefficient (Wildman–Crippen LogP) is 1.49. The van der Waals surface area contributed by atoms with E-state index < -0.39 is 6.03 Å². The maximum absolute atomic E-state index is 12.9. The summed E-state index contributed by atoms with van der Waals surface area (Å²) in [6, 6.07) is -0.594. The molecule has 0 bridgehead atoms. The zero-order chi connectivity index (χ0) is 21.0. The van der Waals surface area contributed by atoms with Gasteiger partial charge in [0.25, 0.3) is 0 Å². The minimum absolute atomic E-state index is 0.00433. The summed E-state index contributed by atoms with van der Waals surface area (Å²) in [4.78, 5) is 41.4. The van der Waals surface area contributed by atoms with Crippen molar-refractivity contribution in [3.63, 3.8) is 0 Å². The summed E-state index contributed by atoms with van der Waals surface area (Å²) in [5.74, 6) is -0.0644. The van der Waals surface area contributed by atoms with Crippen molar-refractivity contribution in [2.45, 2.75) is 83.6 Å². The van der Waals surface area contributed by atoms with Crippen LogP contribution in [0, 0.1) is 5.92 Å². The number of morpholine rings is 1. The van der Waals surface area contributed by atoms with Gasteiger partial charge in [-0.3, -0.25) is 19.8 Å². The highest BCUT2D eigenvalue weighted by Crippen LogP contribution is 2.23. The largest absolute Gasteiger partial charge is 0.372 e. The van der Waals surface area contributed by atoms with E-state index in [0.29, 0.717) is 26.2 Å². The van der Waals surface area contributed by atoms with Crippen molar-refractivity contribution in [1.82, 2.24) is 20.4 Å². The predicted molar refractivity (Wildman–Crippen MR) is 109 cm³/mol. The first-order valence-electron chi connectivity index (χ1n) is 11.1. The molecule has 0 spiro atoms. The van der Waals surface area contributed by atoms with Crippen molar-refractivity contribution in [2.75, 3.05) is 26.2 Å².